The number of nitrogens with zero attached hydrogens (tertiary/aromatic N) is 1. The number of carbonyl (C=O) groups excluding carboxylic acids is 2. The van der Waals surface area contributed by atoms with Gasteiger partial charge in [0.15, 0.2) is 0 Å². The molecule has 2 heterocycles. The maximum Gasteiger partial charge on any atom is 0.305 e. The number of hydrogen-bond acceptors (Lipinski definition) is 4. The Bertz CT molecular complexity index is 669. The molecule has 0 saturated carbocycles. The first-order valence-electron chi connectivity index (χ1n) is 8.55. The maximum absolute atomic E-state index is 13.1. The van der Waals surface area contributed by atoms with Gasteiger partial charge in [0.1, 0.15) is 0 Å². The van der Waals surface area contributed by atoms with Gasteiger partial charge in [-0.05, 0) is 24.5 Å². The van der Waals surface area contributed by atoms with Crippen molar-refractivity contribution >= 4 is 23.5 Å². The van der Waals surface area contributed by atoms with Crippen LogP contribution in [0.2, 0.25) is 0 Å². The molecule has 1 saturated heterocycles. The second-order valence-corrected chi connectivity index (χ2v) is 6.46. The summed E-state index contributed by atoms with van der Waals surface area (Å²) in [4.78, 5) is 37.6. The van der Waals surface area contributed by atoms with Gasteiger partial charge in [-0.15, -0.1) is 0 Å². The van der Waals surface area contributed by atoms with Crippen LogP contribution in [0.15, 0.2) is 24.3 Å². The molecule has 0 bridgehead atoms. The molecule has 2 amide bonds. The molecule has 3 rings (SSSR count). The third-order valence-electron chi connectivity index (χ3n) is 4.65. The van der Waals surface area contributed by atoms with Crippen molar-refractivity contribution in [2.75, 3.05) is 25.0 Å². The molecule has 134 valence electrons. The fourth-order valence-corrected chi connectivity index (χ4v) is 3.41. The Morgan fingerprint density at radius 1 is 1.32 bits per heavy atom. The third kappa shape index (κ3) is 4.17. The molecule has 0 aromatic heterocycles. The summed E-state index contributed by atoms with van der Waals surface area (Å²) in [5, 5.41) is 11.8. The number of aliphatic carboxylic acids is 1. The second kappa shape index (κ2) is 7.65. The quantitative estimate of drug-likeness (QED) is 0.815. The number of para-hydroxylation sites is 1. The van der Waals surface area contributed by atoms with Gasteiger partial charge in [0, 0.05) is 31.8 Å². The van der Waals surface area contributed by atoms with Crippen LogP contribution in [0.1, 0.15) is 37.2 Å². The molecular weight excluding hydrogens is 324 g/mol. The van der Waals surface area contributed by atoms with Gasteiger partial charge in [-0.1, -0.05) is 18.2 Å². The first kappa shape index (κ1) is 17.4. The number of amides is 2. The Morgan fingerprint density at radius 3 is 2.84 bits per heavy atom. The number of ether oxygens (including phenoxy) is 1. The van der Waals surface area contributed by atoms with Crippen LogP contribution in [0, 0.1) is 0 Å². The highest BCUT2D eigenvalue weighted by molar-refractivity contribution is 6.01. The van der Waals surface area contributed by atoms with Crippen molar-refractivity contribution in [1.82, 2.24) is 4.90 Å². The van der Waals surface area contributed by atoms with E-state index in [9.17, 15) is 14.4 Å². The minimum atomic E-state index is -0.952. The van der Waals surface area contributed by atoms with Gasteiger partial charge >= 0.3 is 5.97 Å². The number of hydrogen-bond donors (Lipinski definition) is 2. The topological polar surface area (TPSA) is 95.9 Å². The molecule has 0 aliphatic carbocycles. The number of rotatable bonds is 6. The fraction of sp³-hybridized carbons (Fsp3) is 0.500. The number of fused-ring (bicyclic) bond motifs is 1. The number of benzene rings is 1. The highest BCUT2D eigenvalue weighted by Gasteiger charge is 2.34. The molecule has 2 aliphatic rings. The summed E-state index contributed by atoms with van der Waals surface area (Å²) in [6.07, 6.45) is 1.69. The standard InChI is InChI=1S/C18H22N2O5/c21-16-10-14(13-5-1-2-6-15(13)19-16)18(24)20(8-7-17(22)23)11-12-4-3-9-25-12/h1-2,5-6,12,14H,3-4,7-11H2,(H,19,21)(H,22,23)/t12-,14-/m1/s1. The van der Waals surface area contributed by atoms with Crippen LogP contribution < -0.4 is 5.32 Å². The molecule has 1 aromatic carbocycles. The van der Waals surface area contributed by atoms with Crippen molar-refractivity contribution in [3.05, 3.63) is 29.8 Å². The molecule has 2 atom stereocenters. The molecule has 1 fully saturated rings. The van der Waals surface area contributed by atoms with Crippen LogP contribution >= 0.6 is 0 Å². The molecule has 1 aromatic rings. The monoisotopic (exact) mass is 346 g/mol. The lowest BCUT2D eigenvalue weighted by atomic mass is 9.89. The lowest BCUT2D eigenvalue weighted by molar-refractivity contribution is -0.140. The molecule has 7 nitrogen and oxygen atoms in total. The number of carbonyl (C=O) groups is 3. The van der Waals surface area contributed by atoms with Crippen molar-refractivity contribution in [2.45, 2.75) is 37.7 Å². The third-order valence-corrected chi connectivity index (χ3v) is 4.65. The van der Waals surface area contributed by atoms with Crippen molar-refractivity contribution in [3.8, 4) is 0 Å². The van der Waals surface area contributed by atoms with E-state index < -0.39 is 11.9 Å². The predicted octanol–water partition coefficient (Wildman–Crippen LogP) is 1.59. The zero-order valence-corrected chi connectivity index (χ0v) is 13.9. The summed E-state index contributed by atoms with van der Waals surface area (Å²) >= 11 is 0. The smallest absolute Gasteiger partial charge is 0.305 e. The van der Waals surface area contributed by atoms with E-state index in [4.69, 9.17) is 9.84 Å². The lowest BCUT2D eigenvalue weighted by Crippen LogP contribution is -2.43. The van der Waals surface area contributed by atoms with E-state index in [1.165, 1.54) is 0 Å². The molecule has 2 N–H and O–H groups in total. The van der Waals surface area contributed by atoms with Crippen LogP contribution in [0.3, 0.4) is 0 Å². The Labute approximate surface area is 146 Å². The van der Waals surface area contributed by atoms with Crippen LogP contribution in [0.25, 0.3) is 0 Å². The van der Waals surface area contributed by atoms with E-state index in [0.29, 0.717) is 18.8 Å². The molecule has 2 aliphatic heterocycles. The van der Waals surface area contributed by atoms with E-state index in [1.807, 2.05) is 12.1 Å². The maximum atomic E-state index is 13.1. The van der Waals surface area contributed by atoms with Crippen LogP contribution in [-0.2, 0) is 19.1 Å². The second-order valence-electron chi connectivity index (χ2n) is 6.46. The number of carboxylic acid groups (broad SMARTS) is 1. The van der Waals surface area contributed by atoms with Crippen molar-refractivity contribution in [3.63, 3.8) is 0 Å². The Kier molecular flexibility index (Phi) is 5.33. The first-order chi connectivity index (χ1) is 12.0. The molecular formula is C18H22N2O5. The van der Waals surface area contributed by atoms with Gasteiger partial charge in [-0.25, -0.2) is 0 Å². The number of carboxylic acids is 1. The summed E-state index contributed by atoms with van der Waals surface area (Å²) in [7, 11) is 0. The van der Waals surface area contributed by atoms with E-state index >= 15 is 0 Å². The molecule has 0 unspecified atom stereocenters. The Balaban J connectivity index is 1.80. The van der Waals surface area contributed by atoms with Gasteiger partial charge in [0.05, 0.1) is 18.4 Å². The first-order valence-corrected chi connectivity index (χ1v) is 8.55. The van der Waals surface area contributed by atoms with Gasteiger partial charge in [0.2, 0.25) is 11.8 Å². The summed E-state index contributed by atoms with van der Waals surface area (Å²) in [5.41, 5.74) is 1.42. The van der Waals surface area contributed by atoms with Gasteiger partial charge in [0.25, 0.3) is 0 Å². The normalized spacial score (nSPS) is 22.2. The summed E-state index contributed by atoms with van der Waals surface area (Å²) < 4.78 is 5.60. The van der Waals surface area contributed by atoms with E-state index in [-0.39, 0.29) is 37.3 Å². The molecule has 0 radical (unpaired) electrons. The number of nitrogens with one attached hydrogen (secondary N) is 1. The van der Waals surface area contributed by atoms with Crippen molar-refractivity contribution < 1.29 is 24.2 Å². The zero-order chi connectivity index (χ0) is 17.8. The Hall–Kier alpha value is -2.41. The van der Waals surface area contributed by atoms with Crippen LogP contribution in [0.5, 0.6) is 0 Å². The summed E-state index contributed by atoms with van der Waals surface area (Å²) in [5.74, 6) is -1.95. The van der Waals surface area contributed by atoms with Gasteiger partial charge in [-0.2, -0.15) is 0 Å². The predicted molar refractivity (Wildman–Crippen MR) is 90.2 cm³/mol. The lowest BCUT2D eigenvalue weighted by Gasteiger charge is -2.31. The summed E-state index contributed by atoms with van der Waals surface area (Å²) in [6.45, 7) is 1.15. The highest BCUT2D eigenvalue weighted by atomic mass is 16.5. The molecule has 25 heavy (non-hydrogen) atoms. The number of anilines is 1. The SMILES string of the molecule is O=C(O)CCN(C[C@H]1CCCO1)C(=O)[C@@H]1CC(=O)Nc2ccccc21. The van der Waals surface area contributed by atoms with E-state index in [1.54, 1.807) is 17.0 Å². The minimum absolute atomic E-state index is 0.0644. The molecule has 7 heteroatoms. The van der Waals surface area contributed by atoms with Gasteiger partial charge < -0.3 is 20.1 Å². The van der Waals surface area contributed by atoms with E-state index in [0.717, 1.165) is 18.4 Å². The minimum Gasteiger partial charge on any atom is -0.481 e. The highest BCUT2D eigenvalue weighted by Crippen LogP contribution is 2.33. The molecule has 0 spiro atoms. The van der Waals surface area contributed by atoms with Crippen LogP contribution in [0.4, 0.5) is 5.69 Å². The average molecular weight is 346 g/mol. The summed E-state index contributed by atoms with van der Waals surface area (Å²) in [6, 6.07) is 7.24. The van der Waals surface area contributed by atoms with Gasteiger partial charge in [-0.3, -0.25) is 14.4 Å². The van der Waals surface area contributed by atoms with Crippen molar-refractivity contribution in [1.29, 1.82) is 0 Å². The fourth-order valence-electron chi connectivity index (χ4n) is 3.41. The van der Waals surface area contributed by atoms with E-state index in [2.05, 4.69) is 5.32 Å². The largest absolute Gasteiger partial charge is 0.481 e. The average Bonchev–Trinajstić information content (AvgIpc) is 3.10. The van der Waals surface area contributed by atoms with Crippen LogP contribution in [-0.4, -0.2) is 53.6 Å². The van der Waals surface area contributed by atoms with Crippen molar-refractivity contribution in [2.24, 2.45) is 0 Å². The Morgan fingerprint density at radius 2 is 2.12 bits per heavy atom. The zero-order valence-electron chi connectivity index (χ0n) is 13.9.